The maximum atomic E-state index is 12.5. The third kappa shape index (κ3) is 4.92. The molecule has 0 spiro atoms. The molecule has 0 radical (unpaired) electrons. The summed E-state index contributed by atoms with van der Waals surface area (Å²) in [5.41, 5.74) is 1.99. The van der Waals surface area contributed by atoms with Crippen molar-refractivity contribution < 1.29 is 19.1 Å². The Kier molecular flexibility index (Phi) is 6.52. The van der Waals surface area contributed by atoms with Crippen LogP contribution in [0.4, 0.5) is 5.00 Å². The Morgan fingerprint density at radius 1 is 1.15 bits per heavy atom. The number of rotatable bonds is 6. The Bertz CT molecular complexity index is 814. The number of ether oxygens (including phenoxy) is 1. The number of carbonyl (C=O) groups is 3. The van der Waals surface area contributed by atoms with Gasteiger partial charge in [-0.15, -0.1) is 11.3 Å². The van der Waals surface area contributed by atoms with Crippen molar-refractivity contribution in [1.82, 2.24) is 5.32 Å². The number of carbonyl (C=O) groups excluding carboxylic acids is 3. The van der Waals surface area contributed by atoms with E-state index in [2.05, 4.69) is 10.6 Å². The minimum Gasteiger partial charge on any atom is -0.449 e. The van der Waals surface area contributed by atoms with Gasteiger partial charge < -0.3 is 15.4 Å². The Hall–Kier alpha value is -2.67. The average Bonchev–Trinajstić information content (AvgIpc) is 2.86. The van der Waals surface area contributed by atoms with Crippen molar-refractivity contribution in [2.45, 2.75) is 40.3 Å². The molecule has 1 aromatic heterocycles. The molecule has 2 N–H and O–H groups in total. The van der Waals surface area contributed by atoms with Crippen LogP contribution in [0.5, 0.6) is 0 Å². The summed E-state index contributed by atoms with van der Waals surface area (Å²) < 4.78 is 5.31. The molecule has 0 aliphatic heterocycles. The fourth-order valence-corrected chi connectivity index (χ4v) is 3.42. The van der Waals surface area contributed by atoms with Crippen LogP contribution in [0.15, 0.2) is 30.3 Å². The lowest BCUT2D eigenvalue weighted by molar-refractivity contribution is -0.129. The summed E-state index contributed by atoms with van der Waals surface area (Å²) in [5.74, 6) is -1.28. The summed E-state index contributed by atoms with van der Waals surface area (Å²) in [5, 5.41) is 5.82. The first-order chi connectivity index (χ1) is 12.3. The van der Waals surface area contributed by atoms with E-state index in [-0.39, 0.29) is 11.8 Å². The van der Waals surface area contributed by atoms with E-state index in [1.165, 1.54) is 25.2 Å². The predicted octanol–water partition coefficient (Wildman–Crippen LogP) is 3.19. The van der Waals surface area contributed by atoms with Gasteiger partial charge in [-0.25, -0.2) is 4.79 Å². The van der Waals surface area contributed by atoms with Gasteiger partial charge in [0.15, 0.2) is 6.10 Å². The van der Waals surface area contributed by atoms with Crippen molar-refractivity contribution in [2.75, 3.05) is 5.32 Å². The molecule has 2 aromatic rings. The van der Waals surface area contributed by atoms with Crippen LogP contribution in [-0.4, -0.2) is 23.9 Å². The third-order valence-corrected chi connectivity index (χ3v) is 4.96. The Balaban J connectivity index is 2.02. The highest BCUT2D eigenvalue weighted by atomic mass is 32.1. The topological polar surface area (TPSA) is 84.5 Å². The first kappa shape index (κ1) is 19.7. The van der Waals surface area contributed by atoms with Gasteiger partial charge in [-0.1, -0.05) is 30.3 Å². The lowest BCUT2D eigenvalue weighted by atomic mass is 10.1. The SMILES string of the molecule is CC(=O)Nc1sc(C)c(C)c1C(=O)OC(C)C(=O)NCc1ccccc1. The molecule has 0 fully saturated rings. The highest BCUT2D eigenvalue weighted by molar-refractivity contribution is 7.16. The second-order valence-corrected chi connectivity index (χ2v) is 7.14. The quantitative estimate of drug-likeness (QED) is 0.761. The van der Waals surface area contributed by atoms with Crippen LogP contribution in [0, 0.1) is 13.8 Å². The molecule has 2 rings (SSSR count). The molecule has 6 nitrogen and oxygen atoms in total. The van der Waals surface area contributed by atoms with Gasteiger partial charge in [0.25, 0.3) is 5.91 Å². The zero-order valence-corrected chi connectivity index (χ0v) is 16.0. The maximum absolute atomic E-state index is 12.5. The number of nitrogens with one attached hydrogen (secondary N) is 2. The molecule has 26 heavy (non-hydrogen) atoms. The number of thiophene rings is 1. The largest absolute Gasteiger partial charge is 0.449 e. The van der Waals surface area contributed by atoms with Crippen LogP contribution < -0.4 is 10.6 Å². The number of anilines is 1. The van der Waals surface area contributed by atoms with Gasteiger partial charge in [0, 0.05) is 18.3 Å². The predicted molar refractivity (Wildman–Crippen MR) is 101 cm³/mol. The van der Waals surface area contributed by atoms with E-state index in [1.54, 1.807) is 6.92 Å². The molecule has 138 valence electrons. The normalized spacial score (nSPS) is 11.5. The summed E-state index contributed by atoms with van der Waals surface area (Å²) in [6.45, 7) is 6.89. The zero-order valence-electron chi connectivity index (χ0n) is 15.2. The Labute approximate surface area is 156 Å². The minimum absolute atomic E-state index is 0.269. The molecule has 1 aromatic carbocycles. The molecule has 1 heterocycles. The molecule has 0 saturated carbocycles. The van der Waals surface area contributed by atoms with E-state index in [9.17, 15) is 14.4 Å². The number of amides is 2. The van der Waals surface area contributed by atoms with Crippen molar-refractivity contribution in [2.24, 2.45) is 0 Å². The molecule has 0 aliphatic rings. The first-order valence-corrected chi connectivity index (χ1v) is 9.01. The zero-order chi connectivity index (χ0) is 19.3. The molecule has 1 atom stereocenters. The third-order valence-electron chi connectivity index (χ3n) is 3.84. The van der Waals surface area contributed by atoms with Crippen molar-refractivity contribution >= 4 is 34.1 Å². The van der Waals surface area contributed by atoms with Gasteiger partial charge in [0.05, 0.1) is 5.56 Å². The molecule has 0 bridgehead atoms. The van der Waals surface area contributed by atoms with E-state index in [4.69, 9.17) is 4.74 Å². The molecular weight excluding hydrogens is 352 g/mol. The minimum atomic E-state index is -0.948. The van der Waals surface area contributed by atoms with E-state index >= 15 is 0 Å². The van der Waals surface area contributed by atoms with Crippen molar-refractivity contribution in [3.05, 3.63) is 51.9 Å². The second kappa shape index (κ2) is 8.62. The van der Waals surface area contributed by atoms with Crippen LogP contribution >= 0.6 is 11.3 Å². The summed E-state index contributed by atoms with van der Waals surface area (Å²) in [6.07, 6.45) is -0.948. The van der Waals surface area contributed by atoms with Crippen LogP contribution in [0.2, 0.25) is 0 Å². The molecule has 0 aliphatic carbocycles. The Morgan fingerprint density at radius 2 is 1.81 bits per heavy atom. The van der Waals surface area contributed by atoms with Crippen LogP contribution in [0.25, 0.3) is 0 Å². The van der Waals surface area contributed by atoms with E-state index in [0.29, 0.717) is 17.1 Å². The smallest absolute Gasteiger partial charge is 0.342 e. The van der Waals surface area contributed by atoms with Crippen molar-refractivity contribution in [3.8, 4) is 0 Å². The number of aryl methyl sites for hydroxylation is 1. The summed E-state index contributed by atoms with van der Waals surface area (Å²) >= 11 is 1.31. The number of hydrogen-bond donors (Lipinski definition) is 2. The van der Waals surface area contributed by atoms with Gasteiger partial charge >= 0.3 is 5.97 Å². The molecule has 0 saturated heterocycles. The fraction of sp³-hybridized carbons (Fsp3) is 0.316. The van der Waals surface area contributed by atoms with E-state index in [0.717, 1.165) is 16.0 Å². The van der Waals surface area contributed by atoms with Gasteiger partial charge in [0.1, 0.15) is 5.00 Å². The fourth-order valence-electron chi connectivity index (χ4n) is 2.32. The number of benzene rings is 1. The molecule has 7 heteroatoms. The van der Waals surface area contributed by atoms with Gasteiger partial charge in [0.2, 0.25) is 5.91 Å². The molecular formula is C19H22N2O4S. The van der Waals surface area contributed by atoms with Crippen LogP contribution in [-0.2, 0) is 20.9 Å². The monoisotopic (exact) mass is 374 g/mol. The lowest BCUT2D eigenvalue weighted by Crippen LogP contribution is -2.35. The van der Waals surface area contributed by atoms with Gasteiger partial charge in [-0.3, -0.25) is 9.59 Å². The lowest BCUT2D eigenvalue weighted by Gasteiger charge is -2.14. The van der Waals surface area contributed by atoms with Crippen molar-refractivity contribution in [1.29, 1.82) is 0 Å². The first-order valence-electron chi connectivity index (χ1n) is 8.19. The number of esters is 1. The Morgan fingerprint density at radius 3 is 2.42 bits per heavy atom. The van der Waals surface area contributed by atoms with Gasteiger partial charge in [-0.05, 0) is 31.9 Å². The maximum Gasteiger partial charge on any atom is 0.342 e. The van der Waals surface area contributed by atoms with Crippen LogP contribution in [0.1, 0.15) is 40.2 Å². The molecule has 2 amide bonds. The summed E-state index contributed by atoms with van der Waals surface area (Å²) in [6, 6.07) is 9.46. The van der Waals surface area contributed by atoms with E-state index < -0.39 is 12.1 Å². The van der Waals surface area contributed by atoms with Gasteiger partial charge in [-0.2, -0.15) is 0 Å². The highest BCUT2D eigenvalue weighted by Gasteiger charge is 2.25. The standard InChI is InChI=1S/C19H22N2O4S/c1-11-13(3)26-18(21-14(4)22)16(11)19(24)25-12(2)17(23)20-10-15-8-6-5-7-9-15/h5-9,12H,10H2,1-4H3,(H,20,23)(H,21,22). The second-order valence-electron chi connectivity index (χ2n) is 5.92. The summed E-state index contributed by atoms with van der Waals surface area (Å²) in [4.78, 5) is 36.9. The van der Waals surface area contributed by atoms with E-state index in [1.807, 2.05) is 37.3 Å². The highest BCUT2D eigenvalue weighted by Crippen LogP contribution is 2.33. The van der Waals surface area contributed by atoms with Crippen molar-refractivity contribution in [3.63, 3.8) is 0 Å². The number of hydrogen-bond acceptors (Lipinski definition) is 5. The average molecular weight is 374 g/mol. The van der Waals surface area contributed by atoms with Crippen LogP contribution in [0.3, 0.4) is 0 Å². The molecule has 1 unspecified atom stereocenters. The summed E-state index contributed by atoms with van der Waals surface area (Å²) in [7, 11) is 0.